The maximum Gasteiger partial charge on any atom is 0.220 e. The van der Waals surface area contributed by atoms with Crippen molar-refractivity contribution in [2.75, 3.05) is 19.3 Å². The molecule has 1 saturated carbocycles. The lowest BCUT2D eigenvalue weighted by molar-refractivity contribution is -0.121. The molecule has 4 heteroatoms. The van der Waals surface area contributed by atoms with Crippen molar-refractivity contribution in [3.63, 3.8) is 0 Å². The highest BCUT2D eigenvalue weighted by Crippen LogP contribution is 2.39. The molecule has 0 aliphatic heterocycles. The number of hydrogen-bond acceptors (Lipinski definition) is 3. The van der Waals surface area contributed by atoms with Crippen molar-refractivity contribution in [1.29, 1.82) is 0 Å². The van der Waals surface area contributed by atoms with Gasteiger partial charge in [-0.05, 0) is 50.3 Å². The minimum atomic E-state index is 0.216. The van der Waals surface area contributed by atoms with Crippen LogP contribution >= 0.6 is 11.8 Å². The summed E-state index contributed by atoms with van der Waals surface area (Å²) in [4.78, 5) is 12.0. The van der Waals surface area contributed by atoms with Gasteiger partial charge in [0.15, 0.2) is 0 Å². The van der Waals surface area contributed by atoms with Gasteiger partial charge in [0.05, 0.1) is 0 Å². The molecule has 0 aromatic heterocycles. The molecule has 1 rings (SSSR count). The summed E-state index contributed by atoms with van der Waals surface area (Å²) in [7, 11) is 0. The number of nitrogens with one attached hydrogen (secondary N) is 1. The maximum absolute atomic E-state index is 12.0. The van der Waals surface area contributed by atoms with E-state index in [1.54, 1.807) is 0 Å². The Bertz CT molecular complexity index is 288. The first kappa shape index (κ1) is 17.8. The van der Waals surface area contributed by atoms with Gasteiger partial charge in [0.25, 0.3) is 0 Å². The van der Waals surface area contributed by atoms with Gasteiger partial charge < -0.3 is 11.1 Å². The average molecular weight is 301 g/mol. The van der Waals surface area contributed by atoms with Gasteiger partial charge in [-0.1, -0.05) is 26.7 Å². The normalized spacial score (nSPS) is 19.2. The molecule has 20 heavy (non-hydrogen) atoms. The van der Waals surface area contributed by atoms with Crippen molar-refractivity contribution >= 4 is 17.7 Å². The van der Waals surface area contributed by atoms with E-state index in [0.717, 1.165) is 25.9 Å². The Hall–Kier alpha value is -0.220. The lowest BCUT2D eigenvalue weighted by Crippen LogP contribution is -2.38. The predicted octanol–water partition coefficient (Wildman–Crippen LogP) is 3.18. The van der Waals surface area contributed by atoms with Crippen LogP contribution in [0.4, 0.5) is 0 Å². The maximum atomic E-state index is 12.0. The Labute approximate surface area is 128 Å². The van der Waals surface area contributed by atoms with Crippen LogP contribution in [0.2, 0.25) is 0 Å². The predicted molar refractivity (Wildman–Crippen MR) is 89.0 cm³/mol. The molecule has 1 unspecified atom stereocenters. The zero-order valence-electron chi connectivity index (χ0n) is 13.4. The van der Waals surface area contributed by atoms with Gasteiger partial charge in [-0.15, -0.1) is 0 Å². The Kier molecular flexibility index (Phi) is 7.96. The minimum Gasteiger partial charge on any atom is -0.355 e. The van der Waals surface area contributed by atoms with Gasteiger partial charge in [-0.3, -0.25) is 4.79 Å². The molecule has 0 heterocycles. The number of amides is 1. The number of carbonyl (C=O) groups excluding carboxylic acids is 1. The highest BCUT2D eigenvalue weighted by Gasteiger charge is 2.33. The van der Waals surface area contributed by atoms with Crippen LogP contribution in [0.5, 0.6) is 0 Å². The smallest absolute Gasteiger partial charge is 0.220 e. The first-order valence-corrected chi connectivity index (χ1v) is 9.27. The molecule has 1 aliphatic rings. The van der Waals surface area contributed by atoms with E-state index in [1.807, 2.05) is 11.8 Å². The van der Waals surface area contributed by atoms with E-state index in [1.165, 1.54) is 25.7 Å². The molecular weight excluding hydrogens is 268 g/mol. The van der Waals surface area contributed by atoms with Crippen LogP contribution in [-0.2, 0) is 4.79 Å². The molecular formula is C16H32N2OS. The SMILES string of the molecule is CSC1(CNC(=O)CCC(CCN)C(C)C)CCCC1. The topological polar surface area (TPSA) is 55.1 Å². The minimum absolute atomic E-state index is 0.216. The summed E-state index contributed by atoms with van der Waals surface area (Å²) in [6, 6.07) is 0. The fourth-order valence-corrected chi connectivity index (χ4v) is 4.08. The Balaban J connectivity index is 2.29. The van der Waals surface area contributed by atoms with E-state index in [4.69, 9.17) is 5.73 Å². The summed E-state index contributed by atoms with van der Waals surface area (Å²) in [5.74, 6) is 1.40. The zero-order valence-corrected chi connectivity index (χ0v) is 14.2. The molecule has 0 radical (unpaired) electrons. The van der Waals surface area contributed by atoms with E-state index in [9.17, 15) is 4.79 Å². The van der Waals surface area contributed by atoms with E-state index < -0.39 is 0 Å². The van der Waals surface area contributed by atoms with Crippen molar-refractivity contribution in [2.45, 2.75) is 63.5 Å². The quantitative estimate of drug-likeness (QED) is 0.687. The van der Waals surface area contributed by atoms with Crippen LogP contribution < -0.4 is 11.1 Å². The molecule has 0 bridgehead atoms. The zero-order chi connectivity index (χ0) is 15.0. The highest BCUT2D eigenvalue weighted by molar-refractivity contribution is 8.00. The van der Waals surface area contributed by atoms with Gasteiger partial charge in [0, 0.05) is 17.7 Å². The molecule has 1 amide bonds. The van der Waals surface area contributed by atoms with E-state index in [0.29, 0.717) is 23.0 Å². The van der Waals surface area contributed by atoms with Crippen molar-refractivity contribution in [3.05, 3.63) is 0 Å². The number of nitrogens with two attached hydrogens (primary N) is 1. The summed E-state index contributed by atoms with van der Waals surface area (Å²) in [6.07, 6.45) is 9.92. The first-order chi connectivity index (χ1) is 9.53. The fraction of sp³-hybridized carbons (Fsp3) is 0.938. The third kappa shape index (κ3) is 5.65. The Morgan fingerprint density at radius 3 is 2.45 bits per heavy atom. The summed E-state index contributed by atoms with van der Waals surface area (Å²) >= 11 is 1.93. The lowest BCUT2D eigenvalue weighted by Gasteiger charge is -2.27. The second kappa shape index (κ2) is 8.93. The van der Waals surface area contributed by atoms with Crippen LogP contribution in [-0.4, -0.2) is 30.0 Å². The van der Waals surface area contributed by atoms with E-state index >= 15 is 0 Å². The third-order valence-corrected chi connectivity index (χ3v) is 6.20. The van der Waals surface area contributed by atoms with Gasteiger partial charge in [-0.2, -0.15) is 11.8 Å². The molecule has 3 nitrogen and oxygen atoms in total. The molecule has 0 saturated heterocycles. The second-order valence-corrected chi connectivity index (χ2v) is 7.77. The average Bonchev–Trinajstić information content (AvgIpc) is 2.90. The number of hydrogen-bond donors (Lipinski definition) is 2. The molecule has 1 aliphatic carbocycles. The van der Waals surface area contributed by atoms with Gasteiger partial charge >= 0.3 is 0 Å². The summed E-state index contributed by atoms with van der Waals surface area (Å²) in [5, 5.41) is 3.16. The van der Waals surface area contributed by atoms with Crippen molar-refractivity contribution in [3.8, 4) is 0 Å². The Morgan fingerprint density at radius 2 is 1.95 bits per heavy atom. The van der Waals surface area contributed by atoms with Crippen LogP contribution in [0.25, 0.3) is 0 Å². The van der Waals surface area contributed by atoms with Crippen LogP contribution in [0.1, 0.15) is 58.8 Å². The highest BCUT2D eigenvalue weighted by atomic mass is 32.2. The molecule has 1 fully saturated rings. The van der Waals surface area contributed by atoms with E-state index in [2.05, 4.69) is 25.4 Å². The summed E-state index contributed by atoms with van der Waals surface area (Å²) in [5.41, 5.74) is 5.65. The fourth-order valence-electron chi connectivity index (χ4n) is 3.16. The monoisotopic (exact) mass is 300 g/mol. The van der Waals surface area contributed by atoms with Crippen molar-refractivity contribution in [1.82, 2.24) is 5.32 Å². The molecule has 1 atom stereocenters. The van der Waals surface area contributed by atoms with Crippen LogP contribution in [0, 0.1) is 11.8 Å². The Morgan fingerprint density at radius 1 is 1.30 bits per heavy atom. The second-order valence-electron chi connectivity index (χ2n) is 6.49. The summed E-state index contributed by atoms with van der Waals surface area (Å²) < 4.78 is 0.310. The summed E-state index contributed by atoms with van der Waals surface area (Å²) in [6.45, 7) is 6.01. The van der Waals surface area contributed by atoms with E-state index in [-0.39, 0.29) is 5.91 Å². The first-order valence-electron chi connectivity index (χ1n) is 8.05. The number of rotatable bonds is 9. The molecule has 3 N–H and O–H groups in total. The van der Waals surface area contributed by atoms with Crippen LogP contribution in [0.15, 0.2) is 0 Å². The molecule has 0 aromatic rings. The van der Waals surface area contributed by atoms with Crippen molar-refractivity contribution in [2.24, 2.45) is 17.6 Å². The third-order valence-electron chi connectivity index (χ3n) is 4.78. The van der Waals surface area contributed by atoms with Gasteiger partial charge in [0.1, 0.15) is 0 Å². The lowest BCUT2D eigenvalue weighted by atomic mass is 9.88. The van der Waals surface area contributed by atoms with Crippen LogP contribution in [0.3, 0.4) is 0 Å². The largest absolute Gasteiger partial charge is 0.355 e. The number of thioether (sulfide) groups is 1. The van der Waals surface area contributed by atoms with Crippen molar-refractivity contribution < 1.29 is 4.79 Å². The molecule has 0 spiro atoms. The van der Waals surface area contributed by atoms with Gasteiger partial charge in [-0.25, -0.2) is 0 Å². The number of carbonyl (C=O) groups is 1. The van der Waals surface area contributed by atoms with Gasteiger partial charge in [0.2, 0.25) is 5.91 Å². The molecule has 0 aromatic carbocycles. The standard InChI is InChI=1S/C16H32N2OS/c1-13(2)14(8-11-17)6-7-15(19)18-12-16(20-3)9-4-5-10-16/h13-14H,4-12,17H2,1-3H3,(H,18,19). The molecule has 118 valence electrons.